The van der Waals surface area contributed by atoms with Crippen molar-refractivity contribution in [1.82, 2.24) is 16.0 Å². The van der Waals surface area contributed by atoms with Crippen molar-refractivity contribution in [3.63, 3.8) is 0 Å². The van der Waals surface area contributed by atoms with E-state index < -0.39 is 11.9 Å². The van der Waals surface area contributed by atoms with Crippen LogP contribution in [0.1, 0.15) is 18.1 Å². The van der Waals surface area contributed by atoms with E-state index in [2.05, 4.69) is 16.0 Å². The minimum absolute atomic E-state index is 0.174. The first-order chi connectivity index (χ1) is 14.5. The SMILES string of the molecule is CC(NC(=O)CNC(=O)Cc1ccccc1)C(=O)NCc1cccc2ccccc12. The maximum Gasteiger partial charge on any atom is 0.242 e. The van der Waals surface area contributed by atoms with Gasteiger partial charge in [0, 0.05) is 6.54 Å². The lowest BCUT2D eigenvalue weighted by molar-refractivity contribution is -0.129. The molecule has 3 aromatic carbocycles. The number of hydrogen-bond acceptors (Lipinski definition) is 3. The van der Waals surface area contributed by atoms with Crippen LogP contribution in [0.25, 0.3) is 10.8 Å². The van der Waals surface area contributed by atoms with Crippen LogP contribution in [0.2, 0.25) is 0 Å². The summed E-state index contributed by atoms with van der Waals surface area (Å²) in [7, 11) is 0. The lowest BCUT2D eigenvalue weighted by Crippen LogP contribution is -2.47. The number of hydrogen-bond donors (Lipinski definition) is 3. The molecule has 0 aliphatic heterocycles. The Morgan fingerprint density at radius 3 is 2.30 bits per heavy atom. The first-order valence-corrected chi connectivity index (χ1v) is 9.87. The summed E-state index contributed by atoms with van der Waals surface area (Å²) in [6.45, 7) is 1.81. The number of fused-ring (bicyclic) bond motifs is 1. The molecule has 154 valence electrons. The van der Waals surface area contributed by atoms with Gasteiger partial charge in [0.25, 0.3) is 0 Å². The molecule has 1 atom stereocenters. The summed E-state index contributed by atoms with van der Waals surface area (Å²) in [5, 5.41) is 10.2. The highest BCUT2D eigenvalue weighted by atomic mass is 16.2. The van der Waals surface area contributed by atoms with E-state index in [0.717, 1.165) is 21.9 Å². The van der Waals surface area contributed by atoms with E-state index in [9.17, 15) is 14.4 Å². The minimum Gasteiger partial charge on any atom is -0.350 e. The van der Waals surface area contributed by atoms with Crippen molar-refractivity contribution in [2.24, 2.45) is 0 Å². The van der Waals surface area contributed by atoms with Crippen molar-refractivity contribution < 1.29 is 14.4 Å². The second-order valence-corrected chi connectivity index (χ2v) is 7.08. The first-order valence-electron chi connectivity index (χ1n) is 9.87. The standard InChI is InChI=1S/C24H25N3O3/c1-17(27-23(29)16-25-22(28)14-18-8-3-2-4-9-18)24(30)26-15-20-12-7-11-19-10-5-6-13-21(19)20/h2-13,17H,14-16H2,1H3,(H,25,28)(H,26,30)(H,27,29). The molecule has 3 amide bonds. The molecule has 1 unspecified atom stereocenters. The highest BCUT2D eigenvalue weighted by molar-refractivity contribution is 5.90. The fourth-order valence-corrected chi connectivity index (χ4v) is 3.16. The van der Waals surface area contributed by atoms with Gasteiger partial charge in [0.05, 0.1) is 13.0 Å². The van der Waals surface area contributed by atoms with Gasteiger partial charge >= 0.3 is 0 Å². The predicted molar refractivity (Wildman–Crippen MR) is 117 cm³/mol. The number of benzene rings is 3. The molecule has 30 heavy (non-hydrogen) atoms. The zero-order chi connectivity index (χ0) is 21.3. The molecule has 0 saturated heterocycles. The van der Waals surface area contributed by atoms with Crippen LogP contribution in [0, 0.1) is 0 Å². The van der Waals surface area contributed by atoms with Crippen LogP contribution in [-0.4, -0.2) is 30.3 Å². The number of nitrogens with one attached hydrogen (secondary N) is 3. The minimum atomic E-state index is -0.710. The van der Waals surface area contributed by atoms with E-state index >= 15 is 0 Å². The molecule has 0 radical (unpaired) electrons. The summed E-state index contributed by atoms with van der Waals surface area (Å²) in [4.78, 5) is 36.3. The van der Waals surface area contributed by atoms with E-state index in [0.29, 0.717) is 6.54 Å². The van der Waals surface area contributed by atoms with Gasteiger partial charge in [0.15, 0.2) is 0 Å². The summed E-state index contributed by atoms with van der Waals surface area (Å²) < 4.78 is 0. The Labute approximate surface area is 175 Å². The third kappa shape index (κ3) is 5.91. The smallest absolute Gasteiger partial charge is 0.242 e. The maximum absolute atomic E-state index is 12.4. The molecule has 0 fully saturated rings. The molecule has 3 rings (SSSR count). The lowest BCUT2D eigenvalue weighted by Gasteiger charge is -2.15. The van der Waals surface area contributed by atoms with Crippen LogP contribution in [0.3, 0.4) is 0 Å². The van der Waals surface area contributed by atoms with Crippen molar-refractivity contribution >= 4 is 28.5 Å². The van der Waals surface area contributed by atoms with Crippen LogP contribution in [0.4, 0.5) is 0 Å². The number of rotatable bonds is 8. The van der Waals surface area contributed by atoms with Crippen molar-refractivity contribution in [2.75, 3.05) is 6.54 Å². The molecule has 0 aliphatic carbocycles. The average molecular weight is 403 g/mol. The van der Waals surface area contributed by atoms with E-state index in [-0.39, 0.29) is 24.8 Å². The fraction of sp³-hybridized carbons (Fsp3) is 0.208. The topological polar surface area (TPSA) is 87.3 Å². The molecule has 0 saturated carbocycles. The summed E-state index contributed by atoms with van der Waals surface area (Å²) in [6, 6.07) is 22.5. The largest absolute Gasteiger partial charge is 0.350 e. The van der Waals surface area contributed by atoms with Gasteiger partial charge in [-0.1, -0.05) is 72.8 Å². The van der Waals surface area contributed by atoms with E-state index in [1.54, 1.807) is 6.92 Å². The van der Waals surface area contributed by atoms with Gasteiger partial charge in [0.1, 0.15) is 6.04 Å². The molecule has 0 spiro atoms. The zero-order valence-electron chi connectivity index (χ0n) is 16.9. The Morgan fingerprint density at radius 1 is 0.800 bits per heavy atom. The molecule has 0 aromatic heterocycles. The molecule has 0 heterocycles. The number of amides is 3. The Hall–Kier alpha value is -3.67. The van der Waals surface area contributed by atoms with Gasteiger partial charge in [-0.25, -0.2) is 0 Å². The molecular weight excluding hydrogens is 378 g/mol. The van der Waals surface area contributed by atoms with Crippen LogP contribution >= 0.6 is 0 Å². The van der Waals surface area contributed by atoms with Gasteiger partial charge in [-0.2, -0.15) is 0 Å². The molecule has 0 aliphatic rings. The Morgan fingerprint density at radius 2 is 1.50 bits per heavy atom. The molecule has 3 N–H and O–H groups in total. The molecule has 3 aromatic rings. The zero-order valence-corrected chi connectivity index (χ0v) is 16.9. The van der Waals surface area contributed by atoms with Gasteiger partial charge in [0.2, 0.25) is 17.7 Å². The lowest BCUT2D eigenvalue weighted by atomic mass is 10.0. The van der Waals surface area contributed by atoms with Crippen LogP contribution in [0.15, 0.2) is 72.8 Å². The van der Waals surface area contributed by atoms with Crippen molar-refractivity contribution in [1.29, 1.82) is 0 Å². The van der Waals surface area contributed by atoms with E-state index in [1.807, 2.05) is 72.8 Å². The Kier molecular flexibility index (Phi) is 7.16. The highest BCUT2D eigenvalue weighted by Gasteiger charge is 2.16. The van der Waals surface area contributed by atoms with Gasteiger partial charge in [-0.05, 0) is 28.8 Å². The van der Waals surface area contributed by atoms with E-state index in [4.69, 9.17) is 0 Å². The Balaban J connectivity index is 1.43. The Bertz CT molecular complexity index is 1030. The van der Waals surface area contributed by atoms with Crippen molar-refractivity contribution in [3.8, 4) is 0 Å². The van der Waals surface area contributed by atoms with Crippen molar-refractivity contribution in [3.05, 3.63) is 83.9 Å². The second kappa shape index (κ2) is 10.2. The normalized spacial score (nSPS) is 11.5. The summed E-state index contributed by atoms with van der Waals surface area (Å²) in [5.41, 5.74) is 1.88. The van der Waals surface area contributed by atoms with Gasteiger partial charge in [-0.15, -0.1) is 0 Å². The third-order valence-corrected chi connectivity index (χ3v) is 4.76. The van der Waals surface area contributed by atoms with Gasteiger partial charge < -0.3 is 16.0 Å². The second-order valence-electron chi connectivity index (χ2n) is 7.08. The quantitative estimate of drug-likeness (QED) is 0.539. The summed E-state index contributed by atoms with van der Waals surface area (Å²) in [5.74, 6) is -0.944. The van der Waals surface area contributed by atoms with Crippen LogP contribution < -0.4 is 16.0 Å². The van der Waals surface area contributed by atoms with Gasteiger partial charge in [-0.3, -0.25) is 14.4 Å². The summed E-state index contributed by atoms with van der Waals surface area (Å²) >= 11 is 0. The molecule has 6 nitrogen and oxygen atoms in total. The first kappa shape index (κ1) is 21.0. The van der Waals surface area contributed by atoms with E-state index in [1.165, 1.54) is 0 Å². The van der Waals surface area contributed by atoms with Crippen LogP contribution in [0.5, 0.6) is 0 Å². The third-order valence-electron chi connectivity index (χ3n) is 4.76. The maximum atomic E-state index is 12.4. The number of carbonyl (C=O) groups is 3. The van der Waals surface area contributed by atoms with Crippen LogP contribution in [-0.2, 0) is 27.3 Å². The summed E-state index contributed by atoms with van der Waals surface area (Å²) in [6.07, 6.45) is 0.204. The average Bonchev–Trinajstić information content (AvgIpc) is 2.76. The fourth-order valence-electron chi connectivity index (χ4n) is 3.16. The molecular formula is C24H25N3O3. The molecule has 6 heteroatoms. The molecule has 0 bridgehead atoms. The monoisotopic (exact) mass is 403 g/mol. The predicted octanol–water partition coefficient (Wildman–Crippen LogP) is 2.32. The highest BCUT2D eigenvalue weighted by Crippen LogP contribution is 2.18. The van der Waals surface area contributed by atoms with Crippen molar-refractivity contribution in [2.45, 2.75) is 25.9 Å². The number of carbonyl (C=O) groups excluding carboxylic acids is 3.